The first-order valence-corrected chi connectivity index (χ1v) is 9.05. The van der Waals surface area contributed by atoms with E-state index in [9.17, 15) is 21.6 Å². The molecule has 0 saturated carbocycles. The van der Waals surface area contributed by atoms with Crippen LogP contribution in [0.25, 0.3) is 0 Å². The number of rotatable bonds is 5. The lowest BCUT2D eigenvalue weighted by molar-refractivity contribution is -0.137. The van der Waals surface area contributed by atoms with Gasteiger partial charge in [-0.05, 0) is 48.5 Å². The number of hydrogen-bond acceptors (Lipinski definition) is 5. The number of anilines is 4. The van der Waals surface area contributed by atoms with Crippen LogP contribution in [-0.2, 0) is 16.2 Å². The van der Waals surface area contributed by atoms with E-state index >= 15 is 0 Å². The molecule has 2 aromatic carbocycles. The Bertz CT molecular complexity index is 1030. The van der Waals surface area contributed by atoms with Gasteiger partial charge in [0.25, 0.3) is 0 Å². The Morgan fingerprint density at radius 2 is 1.48 bits per heavy atom. The fraction of sp³-hybridized carbons (Fsp3) is 0.0625. The molecule has 27 heavy (non-hydrogen) atoms. The van der Waals surface area contributed by atoms with Crippen LogP contribution in [0, 0.1) is 0 Å². The summed E-state index contributed by atoms with van der Waals surface area (Å²) >= 11 is 0. The van der Waals surface area contributed by atoms with E-state index in [1.165, 1.54) is 36.4 Å². The zero-order chi connectivity index (χ0) is 19.7. The normalized spacial score (nSPS) is 12.0. The summed E-state index contributed by atoms with van der Waals surface area (Å²) in [6.07, 6.45) is -4.39. The lowest BCUT2D eigenvalue weighted by atomic mass is 10.2. The van der Waals surface area contributed by atoms with Gasteiger partial charge in [-0.15, -0.1) is 0 Å². The number of H-pyrrole nitrogens is 1. The summed E-state index contributed by atoms with van der Waals surface area (Å²) < 4.78 is 60.1. The van der Waals surface area contributed by atoms with Gasteiger partial charge in [-0.3, -0.25) is 5.10 Å². The highest BCUT2D eigenvalue weighted by molar-refractivity contribution is 7.89. The van der Waals surface area contributed by atoms with Gasteiger partial charge in [0.2, 0.25) is 10.0 Å². The monoisotopic (exact) mass is 397 g/mol. The molecule has 0 aliphatic rings. The van der Waals surface area contributed by atoms with Gasteiger partial charge >= 0.3 is 6.18 Å². The quantitative estimate of drug-likeness (QED) is 0.526. The van der Waals surface area contributed by atoms with Crippen molar-refractivity contribution < 1.29 is 21.6 Å². The van der Waals surface area contributed by atoms with Crippen LogP contribution in [0.15, 0.2) is 59.5 Å². The number of aromatic nitrogens is 2. The minimum absolute atomic E-state index is 0.0117. The number of nitrogens with two attached hydrogens (primary N) is 1. The molecule has 3 rings (SSSR count). The minimum atomic E-state index is -4.39. The Balaban J connectivity index is 1.66. The molecular formula is C16H14F3N5O2S. The number of nitrogens with zero attached hydrogens (tertiary/aromatic N) is 1. The highest BCUT2D eigenvalue weighted by Crippen LogP contribution is 2.30. The van der Waals surface area contributed by atoms with Crippen molar-refractivity contribution in [2.45, 2.75) is 11.1 Å². The molecule has 1 aromatic heterocycles. The lowest BCUT2D eigenvalue weighted by Gasteiger charge is -2.07. The fourth-order valence-electron chi connectivity index (χ4n) is 2.22. The standard InChI is InChI=1S/C16H14F3N5O2S/c17-16(18,19)10-1-3-11(4-2-10)21-14-9-15(24-23-14)22-12-5-7-13(8-6-12)27(20,25)26/h1-9H,(H2,20,25,26)(H3,21,22,23,24). The molecule has 7 nitrogen and oxygen atoms in total. The highest BCUT2D eigenvalue weighted by atomic mass is 32.2. The van der Waals surface area contributed by atoms with Crippen molar-refractivity contribution in [3.63, 3.8) is 0 Å². The van der Waals surface area contributed by atoms with Gasteiger partial charge in [0.05, 0.1) is 10.5 Å². The largest absolute Gasteiger partial charge is 0.416 e. The van der Waals surface area contributed by atoms with E-state index in [2.05, 4.69) is 20.8 Å². The van der Waals surface area contributed by atoms with Crippen molar-refractivity contribution in [1.82, 2.24) is 10.2 Å². The number of primary sulfonamides is 1. The summed E-state index contributed by atoms with van der Waals surface area (Å²) in [5.74, 6) is 0.881. The van der Waals surface area contributed by atoms with Gasteiger partial charge in [-0.2, -0.15) is 18.3 Å². The number of benzene rings is 2. The maximum atomic E-state index is 12.6. The average molecular weight is 397 g/mol. The summed E-state index contributed by atoms with van der Waals surface area (Å²) in [5.41, 5.74) is 0.297. The molecule has 0 radical (unpaired) electrons. The van der Waals surface area contributed by atoms with Crippen LogP contribution in [0.5, 0.6) is 0 Å². The molecule has 0 unspecified atom stereocenters. The third-order valence-corrected chi connectivity index (χ3v) is 4.45. The molecule has 0 saturated heterocycles. The number of alkyl halides is 3. The predicted molar refractivity (Wildman–Crippen MR) is 94.4 cm³/mol. The Morgan fingerprint density at radius 3 is 2.04 bits per heavy atom. The third-order valence-electron chi connectivity index (χ3n) is 3.52. The molecule has 0 fully saturated rings. The average Bonchev–Trinajstić information content (AvgIpc) is 3.01. The van der Waals surface area contributed by atoms with Crippen molar-refractivity contribution in [2.24, 2.45) is 5.14 Å². The zero-order valence-electron chi connectivity index (χ0n) is 13.6. The molecular weight excluding hydrogens is 383 g/mol. The van der Waals surface area contributed by atoms with Gasteiger partial charge in [-0.25, -0.2) is 13.6 Å². The van der Waals surface area contributed by atoms with Crippen LogP contribution in [0.2, 0.25) is 0 Å². The van der Waals surface area contributed by atoms with E-state index in [1.807, 2.05) is 0 Å². The third kappa shape index (κ3) is 4.77. The van der Waals surface area contributed by atoms with Gasteiger partial charge in [0.15, 0.2) is 5.82 Å². The van der Waals surface area contributed by atoms with Crippen molar-refractivity contribution in [1.29, 1.82) is 0 Å². The Hall–Kier alpha value is -3.05. The van der Waals surface area contributed by atoms with Gasteiger partial charge < -0.3 is 10.6 Å². The molecule has 0 bridgehead atoms. The van der Waals surface area contributed by atoms with Crippen LogP contribution < -0.4 is 15.8 Å². The summed E-state index contributed by atoms with van der Waals surface area (Å²) in [6, 6.07) is 11.9. The van der Waals surface area contributed by atoms with Crippen molar-refractivity contribution >= 4 is 33.0 Å². The maximum Gasteiger partial charge on any atom is 0.416 e. The molecule has 142 valence electrons. The van der Waals surface area contributed by atoms with Gasteiger partial charge in [-0.1, -0.05) is 0 Å². The first-order chi connectivity index (χ1) is 12.6. The second kappa shape index (κ2) is 6.93. The van der Waals surface area contributed by atoms with E-state index in [-0.39, 0.29) is 4.90 Å². The minimum Gasteiger partial charge on any atom is -0.341 e. The molecule has 0 spiro atoms. The molecule has 11 heteroatoms. The van der Waals surface area contributed by atoms with E-state index in [4.69, 9.17) is 5.14 Å². The fourth-order valence-corrected chi connectivity index (χ4v) is 2.74. The van der Waals surface area contributed by atoms with Gasteiger partial charge in [0.1, 0.15) is 5.82 Å². The molecule has 0 aliphatic heterocycles. The van der Waals surface area contributed by atoms with Crippen molar-refractivity contribution in [2.75, 3.05) is 10.6 Å². The summed E-state index contributed by atoms with van der Waals surface area (Å²) in [7, 11) is -3.76. The Labute approximate surface area is 152 Å². The van der Waals surface area contributed by atoms with Crippen LogP contribution in [0.1, 0.15) is 5.56 Å². The topological polar surface area (TPSA) is 113 Å². The van der Waals surface area contributed by atoms with Crippen molar-refractivity contribution in [3.8, 4) is 0 Å². The highest BCUT2D eigenvalue weighted by Gasteiger charge is 2.29. The summed E-state index contributed by atoms with van der Waals surface area (Å²) in [6.45, 7) is 0. The van der Waals surface area contributed by atoms with Crippen LogP contribution in [-0.4, -0.2) is 18.6 Å². The van der Waals surface area contributed by atoms with E-state index < -0.39 is 21.8 Å². The maximum absolute atomic E-state index is 12.6. The van der Waals surface area contributed by atoms with E-state index in [0.29, 0.717) is 23.0 Å². The number of nitrogens with one attached hydrogen (secondary N) is 3. The second-order valence-electron chi connectivity index (χ2n) is 5.56. The smallest absolute Gasteiger partial charge is 0.341 e. The number of sulfonamides is 1. The van der Waals surface area contributed by atoms with Gasteiger partial charge in [0, 0.05) is 17.4 Å². The van der Waals surface area contributed by atoms with Crippen LogP contribution in [0.3, 0.4) is 0 Å². The number of halogens is 3. The van der Waals surface area contributed by atoms with Crippen LogP contribution >= 0.6 is 0 Å². The molecule has 1 heterocycles. The summed E-state index contributed by atoms with van der Waals surface area (Å²) in [4.78, 5) is -0.0117. The first kappa shape index (κ1) is 18.7. The molecule has 3 aromatic rings. The lowest BCUT2D eigenvalue weighted by Crippen LogP contribution is -2.11. The molecule has 0 amide bonds. The van der Waals surface area contributed by atoms with Crippen LogP contribution in [0.4, 0.5) is 36.2 Å². The number of aromatic amines is 1. The molecule has 5 N–H and O–H groups in total. The first-order valence-electron chi connectivity index (χ1n) is 7.51. The Morgan fingerprint density at radius 1 is 0.926 bits per heavy atom. The van der Waals surface area contributed by atoms with Crippen molar-refractivity contribution in [3.05, 3.63) is 60.2 Å². The Kier molecular flexibility index (Phi) is 4.81. The van der Waals surface area contributed by atoms with E-state index in [1.54, 1.807) is 6.07 Å². The second-order valence-corrected chi connectivity index (χ2v) is 7.12. The zero-order valence-corrected chi connectivity index (χ0v) is 14.4. The predicted octanol–water partition coefficient (Wildman–Crippen LogP) is 3.56. The summed E-state index contributed by atoms with van der Waals surface area (Å²) in [5, 5.41) is 17.6. The van der Waals surface area contributed by atoms with E-state index in [0.717, 1.165) is 12.1 Å². The molecule has 0 aliphatic carbocycles. The number of hydrogen-bond donors (Lipinski definition) is 4. The molecule has 0 atom stereocenters. The SMILES string of the molecule is NS(=O)(=O)c1ccc(Nc2cc(Nc3ccc(C(F)(F)F)cc3)n[nH]2)cc1.